The van der Waals surface area contributed by atoms with Gasteiger partial charge in [0.15, 0.2) is 0 Å². The van der Waals surface area contributed by atoms with Crippen molar-refractivity contribution in [1.29, 1.82) is 0 Å². The SMILES string of the molecule is O=C(O)c1c2c(nc3ccccc13)/C(=C\c1cccc(Cl)c1Cl)CN(Cc1ccccc1)C2. The standard InChI is InChI=1S/C27H20Cl2N2O2/c28-22-11-6-9-18(25(22)29)13-19-15-31(14-17-7-2-1-3-8-17)16-21-24(27(32)33)20-10-4-5-12-23(20)30-26(19)21/h1-13H,14-16H2,(H,32,33)/b19-13-. The first-order valence-corrected chi connectivity index (χ1v) is 11.3. The van der Waals surface area contributed by atoms with E-state index in [1.807, 2.05) is 60.7 Å². The van der Waals surface area contributed by atoms with Gasteiger partial charge < -0.3 is 5.11 Å². The number of rotatable bonds is 4. The monoisotopic (exact) mass is 474 g/mol. The molecule has 1 aliphatic heterocycles. The van der Waals surface area contributed by atoms with Gasteiger partial charge in [0, 0.05) is 30.6 Å². The lowest BCUT2D eigenvalue weighted by molar-refractivity contribution is 0.0696. The topological polar surface area (TPSA) is 53.4 Å². The molecule has 4 nitrogen and oxygen atoms in total. The summed E-state index contributed by atoms with van der Waals surface area (Å²) in [5.74, 6) is -0.952. The second kappa shape index (κ2) is 8.99. The number of halogens is 2. The molecule has 5 rings (SSSR count). The minimum absolute atomic E-state index is 0.302. The lowest BCUT2D eigenvalue weighted by Crippen LogP contribution is -2.31. The van der Waals surface area contributed by atoms with Gasteiger partial charge in [0.05, 0.1) is 26.8 Å². The van der Waals surface area contributed by atoms with Gasteiger partial charge in [-0.05, 0) is 34.9 Å². The number of benzene rings is 3. The van der Waals surface area contributed by atoms with E-state index in [-0.39, 0.29) is 0 Å². The Morgan fingerprint density at radius 3 is 2.52 bits per heavy atom. The molecule has 1 N–H and O–H groups in total. The highest BCUT2D eigenvalue weighted by Gasteiger charge is 2.28. The van der Waals surface area contributed by atoms with E-state index in [1.54, 1.807) is 6.07 Å². The predicted octanol–water partition coefficient (Wildman–Crippen LogP) is 6.80. The van der Waals surface area contributed by atoms with E-state index in [1.165, 1.54) is 0 Å². The number of aromatic nitrogens is 1. The molecule has 0 fully saturated rings. The molecule has 3 aromatic carbocycles. The van der Waals surface area contributed by atoms with Crippen LogP contribution >= 0.6 is 23.2 Å². The molecule has 1 aromatic heterocycles. The number of hydrogen-bond acceptors (Lipinski definition) is 3. The third-order valence-corrected chi connectivity index (χ3v) is 6.68. The summed E-state index contributed by atoms with van der Waals surface area (Å²) in [5.41, 5.74) is 5.22. The summed E-state index contributed by atoms with van der Waals surface area (Å²) >= 11 is 12.7. The minimum Gasteiger partial charge on any atom is -0.478 e. The number of pyridine rings is 1. The highest BCUT2D eigenvalue weighted by molar-refractivity contribution is 6.43. The van der Waals surface area contributed by atoms with E-state index in [0.717, 1.165) is 16.7 Å². The molecule has 0 amide bonds. The zero-order chi connectivity index (χ0) is 22.9. The third kappa shape index (κ3) is 4.25. The van der Waals surface area contributed by atoms with E-state index in [9.17, 15) is 9.90 Å². The highest BCUT2D eigenvalue weighted by Crippen LogP contribution is 2.36. The fourth-order valence-corrected chi connectivity index (χ4v) is 4.76. The van der Waals surface area contributed by atoms with Crippen molar-refractivity contribution in [2.45, 2.75) is 13.1 Å². The summed E-state index contributed by atoms with van der Waals surface area (Å²) in [5, 5.41) is 11.7. The largest absolute Gasteiger partial charge is 0.478 e. The summed E-state index contributed by atoms with van der Waals surface area (Å²) in [6.45, 7) is 1.78. The maximum absolute atomic E-state index is 12.4. The summed E-state index contributed by atoms with van der Waals surface area (Å²) in [4.78, 5) is 19.5. The molecule has 0 saturated heterocycles. The number of aromatic carboxylic acids is 1. The Morgan fingerprint density at radius 2 is 1.73 bits per heavy atom. The molecule has 0 bridgehead atoms. The normalized spacial score (nSPS) is 15.0. The van der Waals surface area contributed by atoms with Gasteiger partial charge in [-0.25, -0.2) is 9.78 Å². The van der Waals surface area contributed by atoms with Gasteiger partial charge in [-0.1, -0.05) is 83.9 Å². The number of para-hydroxylation sites is 1. The van der Waals surface area contributed by atoms with E-state index >= 15 is 0 Å². The van der Waals surface area contributed by atoms with Crippen LogP contribution in [0.5, 0.6) is 0 Å². The second-order valence-corrected chi connectivity index (χ2v) is 8.86. The Kier molecular flexibility index (Phi) is 5.90. The smallest absolute Gasteiger partial charge is 0.336 e. The fourth-order valence-electron chi connectivity index (χ4n) is 4.40. The van der Waals surface area contributed by atoms with Crippen molar-refractivity contribution in [1.82, 2.24) is 9.88 Å². The highest BCUT2D eigenvalue weighted by atomic mass is 35.5. The molecule has 6 heteroatoms. The van der Waals surface area contributed by atoms with E-state index in [2.05, 4.69) is 17.0 Å². The molecule has 0 unspecified atom stereocenters. The van der Waals surface area contributed by atoms with E-state index < -0.39 is 5.97 Å². The molecular formula is C27H20Cl2N2O2. The van der Waals surface area contributed by atoms with Gasteiger partial charge in [-0.3, -0.25) is 4.90 Å². The number of carboxylic acids is 1. The van der Waals surface area contributed by atoms with Crippen molar-refractivity contribution >= 4 is 51.7 Å². The van der Waals surface area contributed by atoms with Crippen molar-refractivity contribution in [2.75, 3.05) is 6.54 Å². The number of hydrogen-bond donors (Lipinski definition) is 1. The van der Waals surface area contributed by atoms with Gasteiger partial charge in [-0.2, -0.15) is 0 Å². The van der Waals surface area contributed by atoms with Gasteiger partial charge in [0.25, 0.3) is 0 Å². The van der Waals surface area contributed by atoms with Crippen molar-refractivity contribution in [3.8, 4) is 0 Å². The zero-order valence-corrected chi connectivity index (χ0v) is 19.1. The molecular weight excluding hydrogens is 455 g/mol. The first-order chi connectivity index (χ1) is 16.0. The molecule has 2 heterocycles. The quantitative estimate of drug-likeness (QED) is 0.353. The molecule has 0 saturated carbocycles. The fraction of sp³-hybridized carbons (Fsp3) is 0.111. The molecule has 0 atom stereocenters. The van der Waals surface area contributed by atoms with Crippen LogP contribution in [0.2, 0.25) is 10.0 Å². The van der Waals surface area contributed by atoms with Gasteiger partial charge in [0.2, 0.25) is 0 Å². The molecule has 4 aromatic rings. The van der Waals surface area contributed by atoms with E-state index in [0.29, 0.717) is 57.4 Å². The van der Waals surface area contributed by atoms with Crippen LogP contribution in [0.4, 0.5) is 0 Å². The Balaban J connectivity index is 1.71. The first-order valence-electron chi connectivity index (χ1n) is 10.6. The van der Waals surface area contributed by atoms with Gasteiger partial charge in [-0.15, -0.1) is 0 Å². The average Bonchev–Trinajstić information content (AvgIpc) is 2.81. The molecule has 0 spiro atoms. The number of fused-ring (bicyclic) bond motifs is 2. The first kappa shape index (κ1) is 21.7. The lowest BCUT2D eigenvalue weighted by Gasteiger charge is -2.31. The maximum atomic E-state index is 12.4. The third-order valence-electron chi connectivity index (χ3n) is 5.85. The van der Waals surface area contributed by atoms with Crippen LogP contribution in [0.15, 0.2) is 72.8 Å². The van der Waals surface area contributed by atoms with E-state index in [4.69, 9.17) is 28.2 Å². The molecule has 164 valence electrons. The van der Waals surface area contributed by atoms with Gasteiger partial charge >= 0.3 is 5.97 Å². The van der Waals surface area contributed by atoms with Crippen LogP contribution in [-0.4, -0.2) is 27.5 Å². The van der Waals surface area contributed by atoms with Crippen molar-refractivity contribution in [3.63, 3.8) is 0 Å². The predicted molar refractivity (Wildman–Crippen MR) is 134 cm³/mol. The van der Waals surface area contributed by atoms with Crippen LogP contribution in [0.1, 0.15) is 32.7 Å². The number of carboxylic acid groups (broad SMARTS) is 1. The second-order valence-electron chi connectivity index (χ2n) is 8.08. The Labute approximate surface area is 201 Å². The Hall–Kier alpha value is -3.18. The summed E-state index contributed by atoms with van der Waals surface area (Å²) in [6, 6.07) is 23.0. The summed E-state index contributed by atoms with van der Waals surface area (Å²) in [6.07, 6.45) is 1.97. The van der Waals surface area contributed by atoms with Crippen LogP contribution in [0.3, 0.4) is 0 Å². The van der Waals surface area contributed by atoms with Crippen molar-refractivity contribution in [3.05, 3.63) is 111 Å². The van der Waals surface area contributed by atoms with Crippen LogP contribution < -0.4 is 0 Å². The summed E-state index contributed by atoms with van der Waals surface area (Å²) < 4.78 is 0. The van der Waals surface area contributed by atoms with Crippen molar-refractivity contribution < 1.29 is 9.90 Å². The number of nitrogens with zero attached hydrogens (tertiary/aromatic N) is 2. The molecule has 0 radical (unpaired) electrons. The number of carbonyl (C=O) groups is 1. The van der Waals surface area contributed by atoms with Crippen LogP contribution in [0.25, 0.3) is 22.6 Å². The van der Waals surface area contributed by atoms with Crippen molar-refractivity contribution in [2.24, 2.45) is 0 Å². The zero-order valence-electron chi connectivity index (χ0n) is 17.6. The molecule has 0 aliphatic carbocycles. The molecule has 1 aliphatic rings. The Morgan fingerprint density at radius 1 is 0.970 bits per heavy atom. The maximum Gasteiger partial charge on any atom is 0.336 e. The van der Waals surface area contributed by atoms with Crippen LogP contribution in [-0.2, 0) is 13.1 Å². The van der Waals surface area contributed by atoms with Crippen LogP contribution in [0, 0.1) is 0 Å². The average molecular weight is 475 g/mol. The van der Waals surface area contributed by atoms with Gasteiger partial charge in [0.1, 0.15) is 0 Å². The summed E-state index contributed by atoms with van der Waals surface area (Å²) in [7, 11) is 0. The minimum atomic E-state index is -0.952. The molecule has 33 heavy (non-hydrogen) atoms. The lowest BCUT2D eigenvalue weighted by atomic mass is 9.91. The Bertz CT molecular complexity index is 1400.